The van der Waals surface area contributed by atoms with Gasteiger partial charge < -0.3 is 20.7 Å². The van der Waals surface area contributed by atoms with Gasteiger partial charge in [0.2, 0.25) is 0 Å². The maximum absolute atomic E-state index is 10.1. The van der Waals surface area contributed by atoms with Crippen molar-refractivity contribution in [1.29, 1.82) is 0 Å². The molecular formula is C15H23N5O. The van der Waals surface area contributed by atoms with Gasteiger partial charge in [-0.05, 0) is 38.8 Å². The van der Waals surface area contributed by atoms with E-state index in [1.54, 1.807) is 6.33 Å². The second kappa shape index (κ2) is 5.61. The molecule has 1 aliphatic heterocycles. The molecule has 0 saturated carbocycles. The number of aromatic nitrogens is 3. The first-order chi connectivity index (χ1) is 10.0. The van der Waals surface area contributed by atoms with E-state index in [9.17, 15) is 5.11 Å². The van der Waals surface area contributed by atoms with Crippen LogP contribution in [0.15, 0.2) is 12.5 Å². The zero-order valence-corrected chi connectivity index (χ0v) is 12.6. The summed E-state index contributed by atoms with van der Waals surface area (Å²) in [4.78, 5) is 11.9. The zero-order valence-electron chi connectivity index (χ0n) is 12.6. The van der Waals surface area contributed by atoms with Crippen molar-refractivity contribution in [2.45, 2.75) is 44.8 Å². The number of hydrogen-bond acceptors (Lipinski definition) is 5. The van der Waals surface area contributed by atoms with Crippen LogP contribution in [0.2, 0.25) is 0 Å². The molecule has 0 aromatic carbocycles. The van der Waals surface area contributed by atoms with Crippen molar-refractivity contribution in [1.82, 2.24) is 20.3 Å². The fourth-order valence-electron chi connectivity index (χ4n) is 2.91. The van der Waals surface area contributed by atoms with Crippen LogP contribution >= 0.6 is 0 Å². The lowest BCUT2D eigenvalue weighted by Gasteiger charge is -2.25. The second-order valence-electron chi connectivity index (χ2n) is 6.44. The van der Waals surface area contributed by atoms with E-state index in [-0.39, 0.29) is 0 Å². The summed E-state index contributed by atoms with van der Waals surface area (Å²) in [5, 5.41) is 18.0. The Kier molecular flexibility index (Phi) is 3.82. The first kappa shape index (κ1) is 14.3. The fourth-order valence-corrected chi connectivity index (χ4v) is 2.91. The minimum absolute atomic E-state index is 0.390. The highest BCUT2D eigenvalue weighted by atomic mass is 16.3. The smallest absolute Gasteiger partial charge is 0.143 e. The van der Waals surface area contributed by atoms with Gasteiger partial charge in [0.1, 0.15) is 17.8 Å². The van der Waals surface area contributed by atoms with Gasteiger partial charge in [-0.2, -0.15) is 0 Å². The Hall–Kier alpha value is -1.66. The minimum atomic E-state index is -0.755. The van der Waals surface area contributed by atoms with Gasteiger partial charge in [-0.1, -0.05) is 0 Å². The Balaban J connectivity index is 1.91. The van der Waals surface area contributed by atoms with E-state index in [1.807, 2.05) is 20.0 Å². The molecule has 1 fully saturated rings. The standard InChI is InChI=1S/C15H23N5O/c1-15(2,21)6-10-7-17-13-12(10)14(19-9-18-13)20-11-4-3-5-16-8-11/h7,9,11,16,21H,3-6,8H2,1-2H3,(H2,17,18,19,20). The SMILES string of the molecule is CC(C)(O)Cc1c[nH]c2ncnc(NC3CCCNC3)c12. The Bertz CT molecular complexity index is 610. The van der Waals surface area contributed by atoms with E-state index >= 15 is 0 Å². The Labute approximate surface area is 124 Å². The van der Waals surface area contributed by atoms with Crippen LogP contribution in [0.3, 0.4) is 0 Å². The fraction of sp³-hybridized carbons (Fsp3) is 0.600. The van der Waals surface area contributed by atoms with Crippen LogP contribution < -0.4 is 10.6 Å². The van der Waals surface area contributed by atoms with Gasteiger partial charge in [0.05, 0.1) is 11.0 Å². The number of hydrogen-bond donors (Lipinski definition) is 4. The molecule has 4 N–H and O–H groups in total. The van der Waals surface area contributed by atoms with E-state index in [0.717, 1.165) is 41.9 Å². The molecule has 3 heterocycles. The molecule has 2 aromatic rings. The summed E-state index contributed by atoms with van der Waals surface area (Å²) in [5.41, 5.74) is 1.11. The first-order valence-corrected chi connectivity index (χ1v) is 7.53. The van der Waals surface area contributed by atoms with Crippen molar-refractivity contribution in [3.8, 4) is 0 Å². The van der Waals surface area contributed by atoms with Crippen molar-refractivity contribution in [3.05, 3.63) is 18.1 Å². The predicted octanol–water partition coefficient (Wildman–Crippen LogP) is 1.44. The van der Waals surface area contributed by atoms with Crippen molar-refractivity contribution in [3.63, 3.8) is 0 Å². The summed E-state index contributed by atoms with van der Waals surface area (Å²) in [5.74, 6) is 0.856. The topological polar surface area (TPSA) is 85.9 Å². The molecule has 6 heteroatoms. The van der Waals surface area contributed by atoms with Crippen LogP contribution in [-0.2, 0) is 6.42 Å². The molecule has 0 bridgehead atoms. The summed E-state index contributed by atoms with van der Waals surface area (Å²) in [6, 6.07) is 0.390. The molecule has 114 valence electrons. The lowest BCUT2D eigenvalue weighted by molar-refractivity contribution is 0.0813. The predicted molar refractivity (Wildman–Crippen MR) is 83.4 cm³/mol. The third-order valence-electron chi connectivity index (χ3n) is 3.81. The molecule has 1 saturated heterocycles. The molecule has 3 rings (SSSR count). The molecule has 1 unspecified atom stereocenters. The van der Waals surface area contributed by atoms with Crippen molar-refractivity contribution in [2.24, 2.45) is 0 Å². The van der Waals surface area contributed by atoms with Crippen molar-refractivity contribution < 1.29 is 5.11 Å². The highest BCUT2D eigenvalue weighted by molar-refractivity contribution is 5.90. The minimum Gasteiger partial charge on any atom is -0.390 e. The van der Waals surface area contributed by atoms with Crippen LogP contribution in [0.1, 0.15) is 32.3 Å². The lowest BCUT2D eigenvalue weighted by atomic mass is 9.99. The third kappa shape index (κ3) is 3.33. The summed E-state index contributed by atoms with van der Waals surface area (Å²) in [6.45, 7) is 5.67. The van der Waals surface area contributed by atoms with E-state index in [1.165, 1.54) is 6.42 Å². The molecule has 0 aliphatic carbocycles. The van der Waals surface area contributed by atoms with Crippen LogP contribution in [0.4, 0.5) is 5.82 Å². The normalized spacial score (nSPS) is 19.9. The van der Waals surface area contributed by atoms with Gasteiger partial charge >= 0.3 is 0 Å². The average molecular weight is 289 g/mol. The van der Waals surface area contributed by atoms with Gasteiger partial charge in [-0.15, -0.1) is 0 Å². The summed E-state index contributed by atoms with van der Waals surface area (Å²) < 4.78 is 0. The first-order valence-electron chi connectivity index (χ1n) is 7.53. The summed E-state index contributed by atoms with van der Waals surface area (Å²) in [7, 11) is 0. The molecule has 0 radical (unpaired) electrons. The molecule has 21 heavy (non-hydrogen) atoms. The van der Waals surface area contributed by atoms with Crippen LogP contribution in [0, 0.1) is 0 Å². The van der Waals surface area contributed by atoms with Gasteiger partial charge in [0, 0.05) is 25.2 Å². The van der Waals surface area contributed by atoms with Gasteiger partial charge in [0.15, 0.2) is 0 Å². The number of nitrogens with zero attached hydrogens (tertiary/aromatic N) is 2. The van der Waals surface area contributed by atoms with E-state index in [2.05, 4.69) is 25.6 Å². The number of rotatable bonds is 4. The number of fused-ring (bicyclic) bond motifs is 1. The Morgan fingerprint density at radius 2 is 2.29 bits per heavy atom. The summed E-state index contributed by atoms with van der Waals surface area (Å²) >= 11 is 0. The average Bonchev–Trinajstić information content (AvgIpc) is 2.82. The van der Waals surface area contributed by atoms with E-state index in [0.29, 0.717) is 12.5 Å². The van der Waals surface area contributed by atoms with Crippen molar-refractivity contribution >= 4 is 16.9 Å². The zero-order chi connectivity index (χ0) is 14.9. The van der Waals surface area contributed by atoms with Gasteiger partial charge in [-0.3, -0.25) is 0 Å². The van der Waals surface area contributed by atoms with Gasteiger partial charge in [-0.25, -0.2) is 9.97 Å². The monoisotopic (exact) mass is 289 g/mol. The lowest BCUT2D eigenvalue weighted by Crippen LogP contribution is -2.38. The number of aromatic amines is 1. The Morgan fingerprint density at radius 3 is 3.00 bits per heavy atom. The number of piperidine rings is 1. The van der Waals surface area contributed by atoms with E-state index in [4.69, 9.17) is 0 Å². The van der Waals surface area contributed by atoms with Crippen LogP contribution in [0.25, 0.3) is 11.0 Å². The summed E-state index contributed by atoms with van der Waals surface area (Å²) in [6.07, 6.45) is 6.38. The van der Waals surface area contributed by atoms with Gasteiger partial charge in [0.25, 0.3) is 0 Å². The molecule has 0 amide bonds. The molecule has 1 aliphatic rings. The van der Waals surface area contributed by atoms with Crippen molar-refractivity contribution in [2.75, 3.05) is 18.4 Å². The molecule has 1 atom stereocenters. The maximum Gasteiger partial charge on any atom is 0.143 e. The third-order valence-corrected chi connectivity index (χ3v) is 3.81. The molecular weight excluding hydrogens is 266 g/mol. The van der Waals surface area contributed by atoms with Crippen LogP contribution in [-0.4, -0.2) is 44.8 Å². The quantitative estimate of drug-likeness (QED) is 0.684. The Morgan fingerprint density at radius 1 is 1.43 bits per heavy atom. The molecule has 0 spiro atoms. The number of aliphatic hydroxyl groups is 1. The highest BCUT2D eigenvalue weighted by Gasteiger charge is 2.20. The number of nitrogens with one attached hydrogen (secondary N) is 3. The number of H-pyrrole nitrogens is 1. The maximum atomic E-state index is 10.1. The second-order valence-corrected chi connectivity index (χ2v) is 6.44. The van der Waals surface area contributed by atoms with E-state index < -0.39 is 5.60 Å². The largest absolute Gasteiger partial charge is 0.390 e. The highest BCUT2D eigenvalue weighted by Crippen LogP contribution is 2.27. The molecule has 2 aromatic heterocycles. The molecule has 6 nitrogen and oxygen atoms in total. The number of anilines is 1. The van der Waals surface area contributed by atoms with Crippen LogP contribution in [0.5, 0.6) is 0 Å².